The predicted octanol–water partition coefficient (Wildman–Crippen LogP) is 2.54. The average Bonchev–Trinajstić information content (AvgIpc) is 2.83. The van der Waals surface area contributed by atoms with E-state index >= 15 is 0 Å². The molecule has 1 aliphatic heterocycles. The molecule has 0 amide bonds. The molecule has 84 valence electrons. The third-order valence-electron chi connectivity index (χ3n) is 2.93. The van der Waals surface area contributed by atoms with Crippen LogP contribution in [0.15, 0.2) is 18.3 Å². The van der Waals surface area contributed by atoms with Crippen molar-refractivity contribution in [3.63, 3.8) is 0 Å². The molecule has 0 fully saturated rings. The molecule has 3 nitrogen and oxygen atoms in total. The van der Waals surface area contributed by atoms with Crippen LogP contribution in [-0.2, 0) is 13.0 Å². The molecule has 0 radical (unpaired) electrons. The fourth-order valence-electron chi connectivity index (χ4n) is 2.12. The van der Waals surface area contributed by atoms with Gasteiger partial charge in [-0.05, 0) is 18.6 Å². The monoisotopic (exact) mass is 253 g/mol. The highest BCUT2D eigenvalue weighted by molar-refractivity contribution is 7.19. The molecular weight excluding hydrogens is 242 g/mol. The molecule has 2 aromatic heterocycles. The summed E-state index contributed by atoms with van der Waals surface area (Å²) in [6.07, 6.45) is 3.88. The van der Waals surface area contributed by atoms with Crippen LogP contribution in [0.1, 0.15) is 12.1 Å². The minimum atomic E-state index is 0.281. The quantitative estimate of drug-likeness (QED) is 0.849. The molecule has 0 saturated carbocycles. The van der Waals surface area contributed by atoms with Crippen molar-refractivity contribution in [2.75, 3.05) is 0 Å². The van der Waals surface area contributed by atoms with E-state index in [2.05, 4.69) is 9.55 Å². The van der Waals surface area contributed by atoms with Gasteiger partial charge in [-0.1, -0.05) is 11.6 Å². The van der Waals surface area contributed by atoms with Gasteiger partial charge in [-0.3, -0.25) is 0 Å². The highest BCUT2D eigenvalue weighted by Crippen LogP contribution is 2.32. The Morgan fingerprint density at radius 1 is 1.50 bits per heavy atom. The maximum Gasteiger partial charge on any atom is 0.150 e. The van der Waals surface area contributed by atoms with Crippen molar-refractivity contribution in [2.45, 2.75) is 25.4 Å². The standard InChI is InChI=1S/C11H12ClN3S/c12-10-2-1-9(16-10)11-14-6-8-5-7(13)3-4-15(8)11/h1-2,6-7H,3-5,13H2. The Labute approximate surface area is 103 Å². The van der Waals surface area contributed by atoms with Crippen LogP contribution in [0.2, 0.25) is 4.34 Å². The van der Waals surface area contributed by atoms with Crippen LogP contribution >= 0.6 is 22.9 Å². The number of fused-ring (bicyclic) bond motifs is 1. The summed E-state index contributed by atoms with van der Waals surface area (Å²) in [4.78, 5) is 5.61. The molecule has 1 atom stereocenters. The topological polar surface area (TPSA) is 43.8 Å². The Morgan fingerprint density at radius 2 is 2.38 bits per heavy atom. The van der Waals surface area contributed by atoms with Gasteiger partial charge < -0.3 is 10.3 Å². The van der Waals surface area contributed by atoms with Gasteiger partial charge in [-0.2, -0.15) is 0 Å². The molecule has 3 rings (SSSR count). The molecular formula is C11H12ClN3S. The van der Waals surface area contributed by atoms with Crippen LogP contribution < -0.4 is 5.73 Å². The average molecular weight is 254 g/mol. The van der Waals surface area contributed by atoms with Crippen molar-refractivity contribution in [1.29, 1.82) is 0 Å². The lowest BCUT2D eigenvalue weighted by atomic mass is 10.1. The predicted molar refractivity (Wildman–Crippen MR) is 66.8 cm³/mol. The number of aromatic nitrogens is 2. The second-order valence-corrected chi connectivity index (χ2v) is 5.80. The van der Waals surface area contributed by atoms with Crippen molar-refractivity contribution in [3.05, 3.63) is 28.4 Å². The van der Waals surface area contributed by atoms with Gasteiger partial charge in [0.15, 0.2) is 0 Å². The number of imidazole rings is 1. The fraction of sp³-hybridized carbons (Fsp3) is 0.364. The zero-order valence-corrected chi connectivity index (χ0v) is 10.3. The SMILES string of the molecule is NC1CCn2c(cnc2-c2ccc(Cl)s2)C1. The van der Waals surface area contributed by atoms with E-state index in [1.165, 1.54) is 5.69 Å². The summed E-state index contributed by atoms with van der Waals surface area (Å²) in [5.41, 5.74) is 7.18. The lowest BCUT2D eigenvalue weighted by Crippen LogP contribution is -2.30. The van der Waals surface area contributed by atoms with E-state index in [1.54, 1.807) is 11.3 Å². The Hall–Kier alpha value is -0.840. The van der Waals surface area contributed by atoms with E-state index in [-0.39, 0.29) is 6.04 Å². The smallest absolute Gasteiger partial charge is 0.150 e. The molecule has 16 heavy (non-hydrogen) atoms. The fourth-order valence-corrected chi connectivity index (χ4v) is 3.17. The van der Waals surface area contributed by atoms with Crippen LogP contribution in [0.25, 0.3) is 10.7 Å². The number of nitrogens with two attached hydrogens (primary N) is 1. The van der Waals surface area contributed by atoms with Crippen molar-refractivity contribution in [1.82, 2.24) is 9.55 Å². The largest absolute Gasteiger partial charge is 0.327 e. The number of rotatable bonds is 1. The Kier molecular flexibility index (Phi) is 2.50. The third-order valence-corrected chi connectivity index (χ3v) is 4.15. The molecule has 1 aliphatic rings. The van der Waals surface area contributed by atoms with Gasteiger partial charge in [0.1, 0.15) is 5.82 Å². The first-order valence-electron chi connectivity index (χ1n) is 5.30. The highest BCUT2D eigenvalue weighted by atomic mass is 35.5. The number of nitrogens with zero attached hydrogens (tertiary/aromatic N) is 2. The summed E-state index contributed by atoms with van der Waals surface area (Å²) in [5, 5.41) is 0. The Bertz CT molecular complexity index is 517. The zero-order chi connectivity index (χ0) is 11.1. The van der Waals surface area contributed by atoms with Crippen molar-refractivity contribution >= 4 is 22.9 Å². The van der Waals surface area contributed by atoms with Crippen LogP contribution in [0, 0.1) is 0 Å². The van der Waals surface area contributed by atoms with Crippen molar-refractivity contribution < 1.29 is 0 Å². The first-order valence-corrected chi connectivity index (χ1v) is 6.49. The van der Waals surface area contributed by atoms with Gasteiger partial charge in [0.2, 0.25) is 0 Å². The van der Waals surface area contributed by atoms with Crippen LogP contribution in [0.4, 0.5) is 0 Å². The molecule has 0 aliphatic carbocycles. The van der Waals surface area contributed by atoms with E-state index in [9.17, 15) is 0 Å². The summed E-state index contributed by atoms with van der Waals surface area (Å²) in [5.74, 6) is 1.03. The van der Waals surface area contributed by atoms with Gasteiger partial charge in [0.25, 0.3) is 0 Å². The van der Waals surface area contributed by atoms with E-state index in [4.69, 9.17) is 17.3 Å². The molecule has 3 heterocycles. The second-order valence-electron chi connectivity index (χ2n) is 4.08. The number of halogens is 1. The number of thiophene rings is 1. The first kappa shape index (κ1) is 10.3. The molecule has 2 N–H and O–H groups in total. The van der Waals surface area contributed by atoms with Gasteiger partial charge >= 0.3 is 0 Å². The van der Waals surface area contributed by atoms with Gasteiger partial charge in [0, 0.05) is 30.9 Å². The number of hydrogen-bond acceptors (Lipinski definition) is 3. The van der Waals surface area contributed by atoms with Gasteiger partial charge in [-0.15, -0.1) is 11.3 Å². The van der Waals surface area contributed by atoms with E-state index in [0.717, 1.165) is 34.4 Å². The lowest BCUT2D eigenvalue weighted by molar-refractivity contribution is 0.475. The molecule has 2 aromatic rings. The second kappa shape index (κ2) is 3.87. The summed E-state index contributed by atoms with van der Waals surface area (Å²) in [6, 6.07) is 4.22. The summed E-state index contributed by atoms with van der Waals surface area (Å²) < 4.78 is 3.06. The molecule has 5 heteroatoms. The minimum absolute atomic E-state index is 0.281. The van der Waals surface area contributed by atoms with Crippen molar-refractivity contribution in [3.8, 4) is 10.7 Å². The lowest BCUT2D eigenvalue weighted by Gasteiger charge is -2.21. The molecule has 0 bridgehead atoms. The van der Waals surface area contributed by atoms with Crippen molar-refractivity contribution in [2.24, 2.45) is 5.73 Å². The van der Waals surface area contributed by atoms with Gasteiger partial charge in [-0.25, -0.2) is 4.98 Å². The highest BCUT2D eigenvalue weighted by Gasteiger charge is 2.20. The maximum absolute atomic E-state index is 5.95. The summed E-state index contributed by atoms with van der Waals surface area (Å²) in [7, 11) is 0. The normalized spacial score (nSPS) is 19.8. The Morgan fingerprint density at radius 3 is 3.12 bits per heavy atom. The molecule has 0 spiro atoms. The number of hydrogen-bond donors (Lipinski definition) is 1. The summed E-state index contributed by atoms with van der Waals surface area (Å²) in [6.45, 7) is 0.960. The van der Waals surface area contributed by atoms with E-state index < -0.39 is 0 Å². The zero-order valence-electron chi connectivity index (χ0n) is 8.69. The van der Waals surface area contributed by atoms with Crippen LogP contribution in [0.3, 0.4) is 0 Å². The van der Waals surface area contributed by atoms with E-state index in [1.807, 2.05) is 18.3 Å². The Balaban J connectivity index is 2.03. The molecule has 1 unspecified atom stereocenters. The summed E-state index contributed by atoms with van der Waals surface area (Å²) >= 11 is 7.52. The van der Waals surface area contributed by atoms with Crippen LogP contribution in [0.5, 0.6) is 0 Å². The minimum Gasteiger partial charge on any atom is -0.327 e. The third kappa shape index (κ3) is 1.67. The van der Waals surface area contributed by atoms with Crippen LogP contribution in [-0.4, -0.2) is 15.6 Å². The maximum atomic E-state index is 5.95. The first-order chi connectivity index (χ1) is 7.74. The van der Waals surface area contributed by atoms with Gasteiger partial charge in [0.05, 0.1) is 9.21 Å². The van der Waals surface area contributed by atoms with E-state index in [0.29, 0.717) is 0 Å². The molecule has 0 saturated heterocycles. The molecule has 0 aromatic carbocycles.